The fourth-order valence-electron chi connectivity index (χ4n) is 4.72. The van der Waals surface area contributed by atoms with Gasteiger partial charge < -0.3 is 4.42 Å². The number of likely N-dealkylation sites (tertiary alicyclic amines) is 1. The Bertz CT molecular complexity index is 674. The highest BCUT2D eigenvalue weighted by Gasteiger charge is 2.49. The molecule has 1 aliphatic carbocycles. The van der Waals surface area contributed by atoms with E-state index in [2.05, 4.69) is 22.9 Å². The average molecular weight is 342 g/mol. The quantitative estimate of drug-likeness (QED) is 0.808. The molecule has 2 aliphatic rings. The van der Waals surface area contributed by atoms with Gasteiger partial charge in [0, 0.05) is 12.6 Å². The van der Waals surface area contributed by atoms with Crippen LogP contribution in [0.2, 0.25) is 0 Å². The van der Waals surface area contributed by atoms with Crippen molar-refractivity contribution in [2.24, 2.45) is 5.41 Å². The Morgan fingerprint density at radius 3 is 2.52 bits per heavy atom. The first-order valence-corrected chi connectivity index (χ1v) is 9.34. The number of piperidine rings is 1. The highest BCUT2D eigenvalue weighted by atomic mass is 19.1. The van der Waals surface area contributed by atoms with Crippen molar-refractivity contribution in [1.29, 1.82) is 0 Å². The minimum atomic E-state index is -0.154. The average Bonchev–Trinajstić information content (AvgIpc) is 3.09. The van der Waals surface area contributed by atoms with Crippen LogP contribution >= 0.6 is 0 Å². The van der Waals surface area contributed by atoms with Gasteiger partial charge in [0.05, 0.1) is 12.8 Å². The Morgan fingerprint density at radius 1 is 1.16 bits per heavy atom. The predicted molar refractivity (Wildman–Crippen MR) is 96.5 cm³/mol. The molecule has 1 aromatic heterocycles. The Balaban J connectivity index is 1.32. The highest BCUT2D eigenvalue weighted by Crippen LogP contribution is 2.51. The van der Waals surface area contributed by atoms with Crippen molar-refractivity contribution < 1.29 is 8.81 Å². The van der Waals surface area contributed by atoms with Crippen LogP contribution in [-0.2, 0) is 13.1 Å². The van der Waals surface area contributed by atoms with Crippen molar-refractivity contribution in [2.75, 3.05) is 20.1 Å². The molecule has 1 aliphatic heterocycles. The topological polar surface area (TPSA) is 19.6 Å². The molecular formula is C21H27FN2O. The first-order chi connectivity index (χ1) is 12.1. The predicted octanol–water partition coefficient (Wildman–Crippen LogP) is 4.30. The van der Waals surface area contributed by atoms with Crippen LogP contribution < -0.4 is 0 Å². The second-order valence-electron chi connectivity index (χ2n) is 7.81. The summed E-state index contributed by atoms with van der Waals surface area (Å²) in [5, 5.41) is 0. The summed E-state index contributed by atoms with van der Waals surface area (Å²) in [5.41, 5.74) is 1.69. The third-order valence-electron chi connectivity index (χ3n) is 6.31. The summed E-state index contributed by atoms with van der Waals surface area (Å²) in [6.07, 6.45) is 6.94. The van der Waals surface area contributed by atoms with E-state index >= 15 is 0 Å². The molecule has 0 N–H and O–H groups in total. The molecule has 1 saturated carbocycles. The molecule has 134 valence electrons. The van der Waals surface area contributed by atoms with Crippen LogP contribution in [-0.4, -0.2) is 36.0 Å². The van der Waals surface area contributed by atoms with E-state index in [0.717, 1.165) is 31.9 Å². The lowest BCUT2D eigenvalue weighted by atomic mass is 9.58. The second kappa shape index (κ2) is 6.93. The van der Waals surface area contributed by atoms with E-state index < -0.39 is 0 Å². The molecule has 2 fully saturated rings. The molecule has 1 saturated heterocycles. The summed E-state index contributed by atoms with van der Waals surface area (Å²) in [4.78, 5) is 5.00. The summed E-state index contributed by atoms with van der Waals surface area (Å²) in [6, 6.07) is 11.6. The third-order valence-corrected chi connectivity index (χ3v) is 6.31. The van der Waals surface area contributed by atoms with Gasteiger partial charge in [0.2, 0.25) is 0 Å². The van der Waals surface area contributed by atoms with E-state index in [0.29, 0.717) is 11.5 Å². The van der Waals surface area contributed by atoms with Gasteiger partial charge in [-0.1, -0.05) is 12.1 Å². The zero-order chi connectivity index (χ0) is 17.3. The SMILES string of the molecule is CN(Cc1ccco1)C1CCC12CCN(Cc1ccc(F)cc1)CC2. The van der Waals surface area contributed by atoms with Gasteiger partial charge in [0.1, 0.15) is 11.6 Å². The summed E-state index contributed by atoms with van der Waals surface area (Å²) < 4.78 is 18.6. The van der Waals surface area contributed by atoms with Crippen LogP contribution in [0.1, 0.15) is 37.0 Å². The normalized spacial score (nSPS) is 23.1. The number of halogens is 1. The van der Waals surface area contributed by atoms with Gasteiger partial charge in [0.25, 0.3) is 0 Å². The fraction of sp³-hybridized carbons (Fsp3) is 0.524. The van der Waals surface area contributed by atoms with Gasteiger partial charge in [-0.25, -0.2) is 4.39 Å². The van der Waals surface area contributed by atoms with Crippen LogP contribution in [0.5, 0.6) is 0 Å². The van der Waals surface area contributed by atoms with Crippen molar-refractivity contribution >= 4 is 0 Å². The van der Waals surface area contributed by atoms with Gasteiger partial charge in [-0.05, 0) is 81.1 Å². The monoisotopic (exact) mass is 342 g/mol. The van der Waals surface area contributed by atoms with E-state index in [4.69, 9.17) is 4.42 Å². The number of benzene rings is 1. The lowest BCUT2D eigenvalue weighted by Crippen LogP contribution is -2.57. The molecular weight excluding hydrogens is 315 g/mol. The van der Waals surface area contributed by atoms with E-state index in [9.17, 15) is 4.39 Å². The molecule has 3 nitrogen and oxygen atoms in total. The van der Waals surface area contributed by atoms with E-state index in [1.54, 1.807) is 18.4 Å². The molecule has 0 bridgehead atoms. The molecule has 1 atom stereocenters. The molecule has 2 aromatic rings. The second-order valence-corrected chi connectivity index (χ2v) is 7.81. The van der Waals surface area contributed by atoms with Crippen molar-refractivity contribution in [3.8, 4) is 0 Å². The summed E-state index contributed by atoms with van der Waals surface area (Å²) in [6.45, 7) is 4.12. The Morgan fingerprint density at radius 2 is 1.92 bits per heavy atom. The summed E-state index contributed by atoms with van der Waals surface area (Å²) >= 11 is 0. The van der Waals surface area contributed by atoms with E-state index in [1.165, 1.54) is 31.2 Å². The van der Waals surface area contributed by atoms with E-state index in [-0.39, 0.29) is 5.82 Å². The lowest BCUT2D eigenvalue weighted by molar-refractivity contribution is -0.0648. The Labute approximate surface area is 149 Å². The van der Waals surface area contributed by atoms with Gasteiger partial charge in [-0.15, -0.1) is 0 Å². The lowest BCUT2D eigenvalue weighted by Gasteiger charge is -2.57. The number of nitrogens with zero attached hydrogens (tertiary/aromatic N) is 2. The Hall–Kier alpha value is -1.65. The number of furan rings is 1. The minimum Gasteiger partial charge on any atom is -0.468 e. The van der Waals surface area contributed by atoms with Gasteiger partial charge in [0.15, 0.2) is 0 Å². The Kier molecular flexibility index (Phi) is 4.65. The molecule has 1 spiro atoms. The molecule has 1 aromatic carbocycles. The number of hydrogen-bond donors (Lipinski definition) is 0. The van der Waals surface area contributed by atoms with Crippen molar-refractivity contribution in [3.05, 3.63) is 59.8 Å². The van der Waals surface area contributed by atoms with Crippen LogP contribution in [0, 0.1) is 11.2 Å². The third kappa shape index (κ3) is 3.51. The standard InChI is InChI=1S/C21H27FN2O/c1-23(16-19-3-2-14-25-19)20-8-9-21(20)10-12-24(13-11-21)15-17-4-6-18(22)7-5-17/h2-7,14,20H,8-13,15-16H2,1H3. The zero-order valence-electron chi connectivity index (χ0n) is 15.0. The van der Waals surface area contributed by atoms with Crippen LogP contribution in [0.25, 0.3) is 0 Å². The summed E-state index contributed by atoms with van der Waals surface area (Å²) in [5.74, 6) is 0.900. The molecule has 4 rings (SSSR count). The van der Waals surface area contributed by atoms with Crippen molar-refractivity contribution in [3.63, 3.8) is 0 Å². The fourth-order valence-corrected chi connectivity index (χ4v) is 4.72. The smallest absolute Gasteiger partial charge is 0.123 e. The largest absolute Gasteiger partial charge is 0.468 e. The zero-order valence-corrected chi connectivity index (χ0v) is 15.0. The van der Waals surface area contributed by atoms with Gasteiger partial charge >= 0.3 is 0 Å². The summed E-state index contributed by atoms with van der Waals surface area (Å²) in [7, 11) is 2.24. The van der Waals surface area contributed by atoms with Crippen molar-refractivity contribution in [2.45, 2.75) is 44.8 Å². The maximum Gasteiger partial charge on any atom is 0.123 e. The number of hydrogen-bond acceptors (Lipinski definition) is 3. The molecule has 1 unspecified atom stereocenters. The number of rotatable bonds is 5. The minimum absolute atomic E-state index is 0.154. The molecule has 4 heteroatoms. The molecule has 0 radical (unpaired) electrons. The van der Waals surface area contributed by atoms with Crippen LogP contribution in [0.4, 0.5) is 4.39 Å². The van der Waals surface area contributed by atoms with Gasteiger partial charge in [-0.3, -0.25) is 9.80 Å². The van der Waals surface area contributed by atoms with E-state index in [1.807, 2.05) is 18.2 Å². The van der Waals surface area contributed by atoms with Crippen molar-refractivity contribution in [1.82, 2.24) is 9.80 Å². The van der Waals surface area contributed by atoms with Crippen LogP contribution in [0.3, 0.4) is 0 Å². The van der Waals surface area contributed by atoms with Crippen LogP contribution in [0.15, 0.2) is 47.1 Å². The van der Waals surface area contributed by atoms with Gasteiger partial charge in [-0.2, -0.15) is 0 Å². The molecule has 0 amide bonds. The first-order valence-electron chi connectivity index (χ1n) is 9.34. The maximum absolute atomic E-state index is 13.0. The first kappa shape index (κ1) is 16.8. The molecule has 25 heavy (non-hydrogen) atoms. The highest BCUT2D eigenvalue weighted by molar-refractivity contribution is 5.16. The molecule has 2 heterocycles. The maximum atomic E-state index is 13.0.